The molecule has 0 aromatic heterocycles. The molecule has 0 aromatic rings. The molecule has 1 unspecified atom stereocenters. The van der Waals surface area contributed by atoms with Gasteiger partial charge in [0.15, 0.2) is 6.10 Å². The number of hydrogen-bond acceptors (Lipinski definition) is 6. The molecule has 0 fully saturated rings. The third-order valence-corrected chi connectivity index (χ3v) is 15.9. The first-order chi connectivity index (χ1) is 41.0. The van der Waals surface area contributed by atoms with Crippen LogP contribution in [0.4, 0.5) is 0 Å². The van der Waals surface area contributed by atoms with Crippen LogP contribution in [-0.2, 0) is 28.6 Å². The van der Waals surface area contributed by atoms with Crippen LogP contribution >= 0.6 is 0 Å². The lowest BCUT2D eigenvalue weighted by molar-refractivity contribution is -0.167. The first kappa shape index (κ1) is 79.6. The minimum atomic E-state index is -0.785. The molecule has 0 aromatic carbocycles. The monoisotopic (exact) mass is 1160 g/mol. The molecule has 0 saturated heterocycles. The number of esters is 3. The smallest absolute Gasteiger partial charge is 0.306 e. The van der Waals surface area contributed by atoms with Crippen LogP contribution in [0.3, 0.4) is 0 Å². The number of unbranched alkanes of at least 4 members (excludes halogenated alkanes) is 41. The predicted molar refractivity (Wildman–Crippen MR) is 362 cm³/mol. The van der Waals surface area contributed by atoms with E-state index >= 15 is 0 Å². The maximum Gasteiger partial charge on any atom is 0.306 e. The number of allylic oxidation sites excluding steroid dienone is 14. The van der Waals surface area contributed by atoms with E-state index in [9.17, 15) is 14.4 Å². The fraction of sp³-hybridized carbons (Fsp3) is 0.779. The highest BCUT2D eigenvalue weighted by Crippen LogP contribution is 2.18. The highest BCUT2D eigenvalue weighted by molar-refractivity contribution is 5.71. The molecule has 0 aliphatic heterocycles. The van der Waals surface area contributed by atoms with Crippen LogP contribution < -0.4 is 0 Å². The average molecular weight is 1160 g/mol. The molecular formula is C77H136O6. The summed E-state index contributed by atoms with van der Waals surface area (Å²) >= 11 is 0. The minimum absolute atomic E-state index is 0.0796. The summed E-state index contributed by atoms with van der Waals surface area (Å²) in [6.07, 6.45) is 94.9. The Hall–Kier alpha value is -3.41. The normalized spacial score (nSPS) is 12.6. The Morgan fingerprint density at radius 1 is 0.253 bits per heavy atom. The Balaban J connectivity index is 4.12. The molecule has 0 bridgehead atoms. The van der Waals surface area contributed by atoms with Crippen molar-refractivity contribution in [3.05, 3.63) is 85.1 Å². The molecule has 0 rings (SSSR count). The van der Waals surface area contributed by atoms with E-state index < -0.39 is 6.10 Å². The summed E-state index contributed by atoms with van der Waals surface area (Å²) in [6, 6.07) is 0. The number of hydrogen-bond donors (Lipinski definition) is 0. The third kappa shape index (κ3) is 69.3. The number of rotatable bonds is 66. The van der Waals surface area contributed by atoms with E-state index in [4.69, 9.17) is 14.2 Å². The average Bonchev–Trinajstić information content (AvgIpc) is 3.49. The van der Waals surface area contributed by atoms with Gasteiger partial charge in [-0.25, -0.2) is 0 Å². The van der Waals surface area contributed by atoms with Crippen LogP contribution in [0, 0.1) is 0 Å². The second kappa shape index (κ2) is 71.1. The summed E-state index contributed by atoms with van der Waals surface area (Å²) in [5, 5.41) is 0. The Kier molecular flexibility index (Phi) is 68.2. The van der Waals surface area contributed by atoms with Crippen LogP contribution in [0.1, 0.15) is 367 Å². The van der Waals surface area contributed by atoms with E-state index in [1.54, 1.807) is 0 Å². The second-order valence-corrected chi connectivity index (χ2v) is 24.1. The molecule has 0 N–H and O–H groups in total. The third-order valence-electron chi connectivity index (χ3n) is 15.9. The van der Waals surface area contributed by atoms with Crippen molar-refractivity contribution in [3.8, 4) is 0 Å². The molecular weight excluding hydrogens is 1020 g/mol. The zero-order valence-electron chi connectivity index (χ0n) is 55.2. The van der Waals surface area contributed by atoms with Gasteiger partial charge in [0, 0.05) is 19.3 Å². The Bertz CT molecular complexity index is 1570. The van der Waals surface area contributed by atoms with E-state index in [1.807, 2.05) is 0 Å². The summed E-state index contributed by atoms with van der Waals surface area (Å²) in [5.74, 6) is -0.883. The molecule has 0 radical (unpaired) electrons. The van der Waals surface area contributed by atoms with E-state index in [-0.39, 0.29) is 31.1 Å². The van der Waals surface area contributed by atoms with Gasteiger partial charge in [-0.15, -0.1) is 0 Å². The number of ether oxygens (including phenoxy) is 3. The van der Waals surface area contributed by atoms with Crippen LogP contribution in [0.25, 0.3) is 0 Å². The quantitative estimate of drug-likeness (QED) is 0.0261. The van der Waals surface area contributed by atoms with Crippen molar-refractivity contribution in [2.45, 2.75) is 374 Å². The first-order valence-electron chi connectivity index (χ1n) is 36.1. The van der Waals surface area contributed by atoms with Gasteiger partial charge in [-0.1, -0.05) is 324 Å². The lowest BCUT2D eigenvalue weighted by Gasteiger charge is -2.18. The van der Waals surface area contributed by atoms with E-state index in [1.165, 1.54) is 212 Å². The largest absolute Gasteiger partial charge is 0.462 e. The van der Waals surface area contributed by atoms with Gasteiger partial charge in [0.05, 0.1) is 0 Å². The maximum atomic E-state index is 12.9. The molecule has 6 heteroatoms. The molecule has 0 saturated carbocycles. The summed E-state index contributed by atoms with van der Waals surface area (Å²) in [6.45, 7) is 6.51. The van der Waals surface area contributed by atoms with Gasteiger partial charge in [-0.05, 0) is 109 Å². The Morgan fingerprint density at radius 2 is 0.482 bits per heavy atom. The highest BCUT2D eigenvalue weighted by atomic mass is 16.6. The van der Waals surface area contributed by atoms with Gasteiger partial charge < -0.3 is 14.2 Å². The zero-order valence-corrected chi connectivity index (χ0v) is 55.2. The molecule has 0 heterocycles. The summed E-state index contributed by atoms with van der Waals surface area (Å²) in [4.78, 5) is 38.4. The van der Waals surface area contributed by atoms with Crippen molar-refractivity contribution < 1.29 is 28.6 Å². The zero-order chi connectivity index (χ0) is 59.9. The van der Waals surface area contributed by atoms with Crippen molar-refractivity contribution in [2.75, 3.05) is 13.2 Å². The van der Waals surface area contributed by atoms with E-state index in [2.05, 4.69) is 106 Å². The lowest BCUT2D eigenvalue weighted by Crippen LogP contribution is -2.30. The second-order valence-electron chi connectivity index (χ2n) is 24.1. The Morgan fingerprint density at radius 3 is 0.783 bits per heavy atom. The van der Waals surface area contributed by atoms with Gasteiger partial charge >= 0.3 is 17.9 Å². The molecule has 0 spiro atoms. The van der Waals surface area contributed by atoms with E-state index in [0.29, 0.717) is 19.3 Å². The van der Waals surface area contributed by atoms with Crippen molar-refractivity contribution in [1.82, 2.24) is 0 Å². The molecule has 480 valence electrons. The van der Waals surface area contributed by atoms with Crippen LogP contribution in [0.15, 0.2) is 85.1 Å². The summed E-state index contributed by atoms with van der Waals surface area (Å²) in [7, 11) is 0. The number of carbonyl (C=O) groups is 3. The first-order valence-corrected chi connectivity index (χ1v) is 36.1. The van der Waals surface area contributed by atoms with Gasteiger partial charge in [0.1, 0.15) is 13.2 Å². The van der Waals surface area contributed by atoms with Crippen molar-refractivity contribution >= 4 is 17.9 Å². The minimum Gasteiger partial charge on any atom is -0.462 e. The summed E-state index contributed by atoms with van der Waals surface area (Å²) in [5.41, 5.74) is 0. The van der Waals surface area contributed by atoms with Gasteiger partial charge in [0.2, 0.25) is 0 Å². The molecule has 0 amide bonds. The van der Waals surface area contributed by atoms with Crippen molar-refractivity contribution in [1.29, 1.82) is 0 Å². The van der Waals surface area contributed by atoms with Crippen molar-refractivity contribution in [2.24, 2.45) is 0 Å². The molecule has 6 nitrogen and oxygen atoms in total. The standard InChI is InChI=1S/C77H136O6/c1-4-7-10-13-16-19-22-25-28-30-31-32-33-34-35-36-37-38-39-40-41-42-43-44-45-46-47-48-50-52-55-58-61-64-67-70-76(79)82-73-74(72-81-75(78)69-66-63-60-57-54-51-27-24-21-18-15-12-9-6-3)83-77(80)71-68-65-62-59-56-53-49-29-26-23-20-17-14-11-8-5-2/h7,10,15-16,18-19,24-25,27-29,31-32,49,74H,4-6,8-9,11-14,17,20-23,26,30,33-48,50-73H2,1-3H3/b10-7-,18-15-,19-16-,27-24-,28-25-,32-31-,49-29-. The van der Waals surface area contributed by atoms with Gasteiger partial charge in [-0.2, -0.15) is 0 Å². The van der Waals surface area contributed by atoms with Gasteiger partial charge in [-0.3, -0.25) is 14.4 Å². The van der Waals surface area contributed by atoms with E-state index in [0.717, 1.165) is 116 Å². The summed E-state index contributed by atoms with van der Waals surface area (Å²) < 4.78 is 17.0. The molecule has 1 atom stereocenters. The fourth-order valence-electron chi connectivity index (χ4n) is 10.4. The van der Waals surface area contributed by atoms with Crippen LogP contribution in [-0.4, -0.2) is 37.2 Å². The number of carbonyl (C=O) groups excluding carboxylic acids is 3. The van der Waals surface area contributed by atoms with Gasteiger partial charge in [0.25, 0.3) is 0 Å². The highest BCUT2D eigenvalue weighted by Gasteiger charge is 2.19. The topological polar surface area (TPSA) is 78.9 Å². The van der Waals surface area contributed by atoms with Crippen LogP contribution in [0.5, 0.6) is 0 Å². The molecule has 83 heavy (non-hydrogen) atoms. The lowest BCUT2D eigenvalue weighted by atomic mass is 10.0. The predicted octanol–water partition coefficient (Wildman–Crippen LogP) is 25.0. The maximum absolute atomic E-state index is 12.9. The molecule has 0 aliphatic rings. The Labute approximate surface area is 515 Å². The van der Waals surface area contributed by atoms with Crippen LogP contribution in [0.2, 0.25) is 0 Å². The van der Waals surface area contributed by atoms with Crippen molar-refractivity contribution in [3.63, 3.8) is 0 Å². The fourth-order valence-corrected chi connectivity index (χ4v) is 10.4. The SMILES string of the molecule is CC/C=C\C/C=C\C/C=C\C/C=C\CCCCCCCCCCCCCCCCCCCCCCCCC(=O)OCC(COC(=O)CCCCCCC/C=C\C/C=C\CCCC)OC(=O)CCCCCCC/C=C\CCCCCCCCC. The molecule has 0 aliphatic carbocycles.